The van der Waals surface area contributed by atoms with Gasteiger partial charge in [-0.05, 0) is 19.1 Å². The summed E-state index contributed by atoms with van der Waals surface area (Å²) in [6.07, 6.45) is -0.267. The van der Waals surface area contributed by atoms with E-state index in [4.69, 9.17) is 10.5 Å². The SMILES string of the molecule is Cc1ccc(S(=O)(=O)CCC(=O)OCc2nc(N)nc(N(C)C)n2)cc1. The van der Waals surface area contributed by atoms with Gasteiger partial charge >= 0.3 is 5.97 Å². The molecule has 1 heterocycles. The quantitative estimate of drug-likeness (QED) is 0.692. The average molecular weight is 379 g/mol. The summed E-state index contributed by atoms with van der Waals surface area (Å²) in [5.74, 6) is -0.457. The molecule has 0 aliphatic carbocycles. The third kappa shape index (κ3) is 5.38. The van der Waals surface area contributed by atoms with Crippen molar-refractivity contribution >= 4 is 27.7 Å². The fourth-order valence-corrected chi connectivity index (χ4v) is 3.21. The number of nitrogens with two attached hydrogens (primary N) is 1. The number of carbonyl (C=O) groups excluding carboxylic acids is 1. The monoisotopic (exact) mass is 379 g/mol. The Bertz CT molecular complexity index is 882. The fourth-order valence-electron chi connectivity index (χ4n) is 1.99. The van der Waals surface area contributed by atoms with Crippen molar-refractivity contribution in [3.63, 3.8) is 0 Å². The molecule has 10 heteroatoms. The van der Waals surface area contributed by atoms with E-state index in [1.807, 2.05) is 6.92 Å². The van der Waals surface area contributed by atoms with E-state index in [1.54, 1.807) is 31.1 Å². The fraction of sp³-hybridized carbons (Fsp3) is 0.375. The van der Waals surface area contributed by atoms with Crippen LogP contribution in [-0.2, 0) is 26.0 Å². The highest BCUT2D eigenvalue weighted by Crippen LogP contribution is 2.13. The normalized spacial score (nSPS) is 11.2. The van der Waals surface area contributed by atoms with Gasteiger partial charge in [0, 0.05) is 14.1 Å². The number of aryl methyl sites for hydroxylation is 1. The Hall–Kier alpha value is -2.75. The molecule has 0 unspecified atom stereocenters. The zero-order chi connectivity index (χ0) is 19.3. The van der Waals surface area contributed by atoms with Crippen molar-refractivity contribution in [1.82, 2.24) is 15.0 Å². The van der Waals surface area contributed by atoms with E-state index in [9.17, 15) is 13.2 Å². The maximum Gasteiger partial charge on any atom is 0.307 e. The van der Waals surface area contributed by atoms with Crippen LogP contribution in [0.5, 0.6) is 0 Å². The molecule has 1 aromatic heterocycles. The Kier molecular flexibility index (Phi) is 6.09. The molecule has 0 aliphatic heterocycles. The van der Waals surface area contributed by atoms with Crippen LogP contribution in [0.1, 0.15) is 17.8 Å². The lowest BCUT2D eigenvalue weighted by molar-refractivity contribution is -0.144. The maximum atomic E-state index is 12.2. The van der Waals surface area contributed by atoms with E-state index < -0.39 is 15.8 Å². The zero-order valence-electron chi connectivity index (χ0n) is 14.8. The van der Waals surface area contributed by atoms with Crippen molar-refractivity contribution in [2.75, 3.05) is 30.5 Å². The molecule has 2 rings (SSSR count). The van der Waals surface area contributed by atoms with E-state index in [1.165, 1.54) is 12.1 Å². The molecule has 0 saturated carbocycles. The second kappa shape index (κ2) is 8.09. The Morgan fingerprint density at radius 1 is 1.15 bits per heavy atom. The molecular weight excluding hydrogens is 358 g/mol. The summed E-state index contributed by atoms with van der Waals surface area (Å²) in [6.45, 7) is 1.65. The number of benzene rings is 1. The Balaban J connectivity index is 1.92. The molecular formula is C16H21N5O4S. The van der Waals surface area contributed by atoms with Gasteiger partial charge in [0.2, 0.25) is 11.9 Å². The Morgan fingerprint density at radius 2 is 1.81 bits per heavy atom. The number of carbonyl (C=O) groups is 1. The minimum Gasteiger partial charge on any atom is -0.457 e. The lowest BCUT2D eigenvalue weighted by atomic mass is 10.2. The van der Waals surface area contributed by atoms with Crippen molar-refractivity contribution in [2.24, 2.45) is 0 Å². The molecule has 140 valence electrons. The highest BCUT2D eigenvalue weighted by atomic mass is 32.2. The summed E-state index contributed by atoms with van der Waals surface area (Å²) in [5.41, 5.74) is 6.54. The minimum atomic E-state index is -3.55. The van der Waals surface area contributed by atoms with Crippen molar-refractivity contribution in [3.8, 4) is 0 Å². The number of esters is 1. The van der Waals surface area contributed by atoms with Gasteiger partial charge in [0.15, 0.2) is 22.3 Å². The van der Waals surface area contributed by atoms with E-state index in [0.717, 1.165) is 5.56 Å². The highest BCUT2D eigenvalue weighted by Gasteiger charge is 2.17. The lowest BCUT2D eigenvalue weighted by Crippen LogP contribution is -2.18. The second-order valence-electron chi connectivity index (χ2n) is 5.85. The van der Waals surface area contributed by atoms with Crippen LogP contribution < -0.4 is 10.6 Å². The Labute approximate surface area is 152 Å². The summed E-state index contributed by atoms with van der Waals surface area (Å²) >= 11 is 0. The maximum absolute atomic E-state index is 12.2. The predicted molar refractivity (Wildman–Crippen MR) is 96.2 cm³/mol. The van der Waals surface area contributed by atoms with Crippen LogP contribution in [-0.4, -0.2) is 49.2 Å². The number of rotatable bonds is 7. The summed E-state index contributed by atoms with van der Waals surface area (Å²) in [7, 11) is -0.0753. The molecule has 0 radical (unpaired) electrons. The van der Waals surface area contributed by atoms with Crippen molar-refractivity contribution in [2.45, 2.75) is 24.8 Å². The van der Waals surface area contributed by atoms with Gasteiger partial charge in [-0.2, -0.15) is 15.0 Å². The van der Waals surface area contributed by atoms with Crippen LogP contribution in [0.4, 0.5) is 11.9 Å². The van der Waals surface area contributed by atoms with Gasteiger partial charge in [-0.3, -0.25) is 4.79 Å². The predicted octanol–water partition coefficient (Wildman–Crippen LogP) is 0.735. The van der Waals surface area contributed by atoms with Gasteiger partial charge in [0.1, 0.15) is 0 Å². The zero-order valence-corrected chi connectivity index (χ0v) is 15.7. The molecule has 0 amide bonds. The van der Waals surface area contributed by atoms with Gasteiger partial charge in [0.05, 0.1) is 17.1 Å². The molecule has 0 saturated heterocycles. The first-order chi connectivity index (χ1) is 12.2. The minimum absolute atomic E-state index is 0.0108. The number of nitrogens with zero attached hydrogens (tertiary/aromatic N) is 4. The number of aromatic nitrogens is 3. The summed E-state index contributed by atoms with van der Waals surface area (Å²) in [6, 6.07) is 6.45. The van der Waals surface area contributed by atoms with Crippen molar-refractivity contribution < 1.29 is 17.9 Å². The summed E-state index contributed by atoms with van der Waals surface area (Å²) < 4.78 is 29.5. The molecule has 2 aromatic rings. The standard InChI is InChI=1S/C16H21N5O4S/c1-11-4-6-12(7-5-11)26(23,24)9-8-14(22)25-10-13-18-15(17)20-16(19-13)21(2)3/h4-7H,8-10H2,1-3H3,(H2,17,18,19,20). The van der Waals surface area contributed by atoms with E-state index >= 15 is 0 Å². The van der Waals surface area contributed by atoms with E-state index in [2.05, 4.69) is 15.0 Å². The van der Waals surface area contributed by atoms with E-state index in [-0.39, 0.29) is 35.4 Å². The molecule has 1 aromatic carbocycles. The summed E-state index contributed by atoms with van der Waals surface area (Å²) in [4.78, 5) is 25.6. The van der Waals surface area contributed by atoms with E-state index in [0.29, 0.717) is 5.95 Å². The molecule has 0 atom stereocenters. The third-order valence-corrected chi connectivity index (χ3v) is 5.14. The topological polar surface area (TPSA) is 128 Å². The number of anilines is 2. The third-order valence-electron chi connectivity index (χ3n) is 3.40. The van der Waals surface area contributed by atoms with Crippen LogP contribution in [0.3, 0.4) is 0 Å². The first-order valence-electron chi connectivity index (χ1n) is 7.80. The molecule has 9 nitrogen and oxygen atoms in total. The molecule has 0 spiro atoms. The second-order valence-corrected chi connectivity index (χ2v) is 7.96. The largest absolute Gasteiger partial charge is 0.457 e. The van der Waals surface area contributed by atoms with Gasteiger partial charge < -0.3 is 15.4 Å². The smallest absolute Gasteiger partial charge is 0.307 e. The number of nitrogen functional groups attached to an aromatic ring is 1. The lowest BCUT2D eigenvalue weighted by Gasteiger charge is -2.11. The first-order valence-corrected chi connectivity index (χ1v) is 9.45. The number of sulfone groups is 1. The Morgan fingerprint density at radius 3 is 2.42 bits per heavy atom. The van der Waals surface area contributed by atoms with Gasteiger partial charge in [-0.25, -0.2) is 8.42 Å². The molecule has 0 fully saturated rings. The highest BCUT2D eigenvalue weighted by molar-refractivity contribution is 7.91. The van der Waals surface area contributed by atoms with Crippen molar-refractivity contribution in [3.05, 3.63) is 35.7 Å². The molecule has 2 N–H and O–H groups in total. The van der Waals surface area contributed by atoms with Crippen molar-refractivity contribution in [1.29, 1.82) is 0 Å². The number of hydrogen-bond acceptors (Lipinski definition) is 9. The molecule has 26 heavy (non-hydrogen) atoms. The molecule has 0 aliphatic rings. The van der Waals surface area contributed by atoms with Gasteiger partial charge in [0.25, 0.3) is 0 Å². The van der Waals surface area contributed by atoms with Gasteiger partial charge in [-0.1, -0.05) is 17.7 Å². The average Bonchev–Trinajstić information content (AvgIpc) is 2.58. The molecule has 0 bridgehead atoms. The van der Waals surface area contributed by atoms with Crippen LogP contribution in [0.15, 0.2) is 29.2 Å². The van der Waals surface area contributed by atoms with Crippen LogP contribution in [0.2, 0.25) is 0 Å². The van der Waals surface area contributed by atoms with Crippen LogP contribution in [0.25, 0.3) is 0 Å². The van der Waals surface area contributed by atoms with Crippen LogP contribution in [0, 0.1) is 6.92 Å². The number of ether oxygens (including phenoxy) is 1. The summed E-state index contributed by atoms with van der Waals surface area (Å²) in [5, 5.41) is 0. The first kappa shape index (κ1) is 19.6. The van der Waals surface area contributed by atoms with Gasteiger partial charge in [-0.15, -0.1) is 0 Å². The number of hydrogen-bond donors (Lipinski definition) is 1. The van der Waals surface area contributed by atoms with Crippen LogP contribution >= 0.6 is 0 Å².